The van der Waals surface area contributed by atoms with Crippen molar-refractivity contribution in [3.63, 3.8) is 0 Å². The van der Waals surface area contributed by atoms with Crippen LogP contribution in [-0.2, 0) is 33.2 Å². The Balaban J connectivity index is 1.12. The van der Waals surface area contributed by atoms with Gasteiger partial charge in [0.2, 0.25) is 12.0 Å². The van der Waals surface area contributed by atoms with Crippen LogP contribution in [0.4, 0.5) is 0 Å². The zero-order valence-corrected chi connectivity index (χ0v) is 34.0. The van der Waals surface area contributed by atoms with Crippen LogP contribution in [0.2, 0.25) is 0 Å². The van der Waals surface area contributed by atoms with Crippen molar-refractivity contribution in [3.05, 3.63) is 66.2 Å². The van der Waals surface area contributed by atoms with Crippen LogP contribution in [-0.4, -0.2) is 185 Å². The minimum absolute atomic E-state index is 0.0418. The van der Waals surface area contributed by atoms with Crippen molar-refractivity contribution in [2.24, 2.45) is 0 Å². The Morgan fingerprint density at radius 3 is 2.12 bits per heavy atom. The van der Waals surface area contributed by atoms with E-state index in [1.54, 1.807) is 0 Å². The number of hydrogen-bond acceptors (Lipinski definition) is 22. The number of aliphatic hydroxyl groups excluding tert-OH is 8. The molecular weight excluding hydrogens is 872 g/mol. The summed E-state index contributed by atoms with van der Waals surface area (Å²) in [5.74, 6) is -3.40. The zero-order chi connectivity index (χ0) is 46.9. The summed E-state index contributed by atoms with van der Waals surface area (Å²) in [6.07, 6.45) is -22.8. The quantitative estimate of drug-likeness (QED) is 0.0319. The third-order valence-corrected chi connectivity index (χ3v) is 10.8. The van der Waals surface area contributed by atoms with Gasteiger partial charge in [0.15, 0.2) is 41.7 Å². The van der Waals surface area contributed by atoms with Crippen molar-refractivity contribution in [1.29, 1.82) is 0 Å². The molecule has 0 amide bonds. The number of fused-ring (bicyclic) bond motifs is 1. The van der Waals surface area contributed by atoms with E-state index >= 15 is 0 Å². The Bertz CT molecular complexity index is 2340. The molecule has 4 heterocycles. The molecule has 14 atom stereocenters. The van der Waals surface area contributed by atoms with E-state index in [1.165, 1.54) is 43.5 Å². The maximum absolute atomic E-state index is 12.5. The first-order chi connectivity index (χ1) is 30.9. The number of benzene rings is 3. The number of rotatable bonds is 13. The summed E-state index contributed by atoms with van der Waals surface area (Å²) in [5.41, 5.74) is 0.417. The van der Waals surface area contributed by atoms with E-state index in [0.29, 0.717) is 5.56 Å². The topological polar surface area (TPSA) is 365 Å². The highest BCUT2D eigenvalue weighted by Gasteiger charge is 2.52. The number of phenols is 5. The van der Waals surface area contributed by atoms with E-state index in [1.807, 2.05) is 0 Å². The summed E-state index contributed by atoms with van der Waals surface area (Å²) < 4.78 is 51.0. The summed E-state index contributed by atoms with van der Waals surface area (Å²) in [6, 6.07) is 11.2. The molecule has 352 valence electrons. The number of hydrogen-bond donors (Lipinski definition) is 13. The molecule has 0 spiro atoms. The van der Waals surface area contributed by atoms with Crippen molar-refractivity contribution >= 4 is 23.0 Å². The third kappa shape index (κ3) is 10.3. The fourth-order valence-electron chi connectivity index (χ4n) is 7.16. The Labute approximate surface area is 366 Å². The van der Waals surface area contributed by atoms with Crippen molar-refractivity contribution in [3.8, 4) is 51.6 Å². The molecule has 0 radical (unpaired) electrons. The van der Waals surface area contributed by atoms with Crippen LogP contribution in [0.5, 0.6) is 40.2 Å². The molecule has 3 fully saturated rings. The highest BCUT2D eigenvalue weighted by atomic mass is 16.8. The van der Waals surface area contributed by atoms with E-state index in [4.69, 9.17) is 42.3 Å². The lowest BCUT2D eigenvalue weighted by Gasteiger charge is -2.45. The van der Waals surface area contributed by atoms with Crippen LogP contribution in [0.3, 0.4) is 0 Å². The predicted octanol–water partition coefficient (Wildman–Crippen LogP) is -1.35. The van der Waals surface area contributed by atoms with Gasteiger partial charge in [-0.15, -0.1) is 0 Å². The van der Waals surface area contributed by atoms with E-state index in [2.05, 4.69) is 0 Å². The van der Waals surface area contributed by atoms with Gasteiger partial charge in [0.05, 0.1) is 32.0 Å². The molecule has 4 aromatic rings. The molecule has 0 saturated carbocycles. The second-order valence-electron chi connectivity index (χ2n) is 15.3. The predicted molar refractivity (Wildman–Crippen MR) is 214 cm³/mol. The number of methoxy groups -OCH3 is 1. The number of carbonyl (C=O) groups is 1. The number of carbonyl (C=O) groups excluding carboxylic acids is 1. The Kier molecular flexibility index (Phi) is 14.5. The molecule has 3 aliphatic heterocycles. The van der Waals surface area contributed by atoms with Crippen LogP contribution < -0.4 is 9.47 Å². The van der Waals surface area contributed by atoms with E-state index in [-0.39, 0.29) is 39.5 Å². The number of aliphatic hydroxyl groups is 8. The van der Waals surface area contributed by atoms with Gasteiger partial charge in [0, 0.05) is 24.3 Å². The van der Waals surface area contributed by atoms with E-state index in [9.17, 15) is 71.2 Å². The maximum Gasteiger partial charge on any atom is 0.402 e. The lowest BCUT2D eigenvalue weighted by molar-refractivity contribution is -0.353. The third-order valence-electron chi connectivity index (χ3n) is 10.8. The summed E-state index contributed by atoms with van der Waals surface area (Å²) in [6.45, 7) is -1.95. The summed E-state index contributed by atoms with van der Waals surface area (Å²) in [7, 11) is 1.34. The largest absolute Gasteiger partial charge is 0.507 e. The molecule has 1 aromatic heterocycles. The van der Waals surface area contributed by atoms with Gasteiger partial charge < -0.3 is 104 Å². The molecule has 0 bridgehead atoms. The minimum Gasteiger partial charge on any atom is -0.507 e. The van der Waals surface area contributed by atoms with Crippen molar-refractivity contribution in [2.75, 3.05) is 26.9 Å². The molecule has 13 N–H and O–H groups in total. The summed E-state index contributed by atoms with van der Waals surface area (Å²) in [5, 5.41) is 137. The fraction of sp³-hybridized carbons (Fsp3) is 0.429. The van der Waals surface area contributed by atoms with Crippen LogP contribution in [0.25, 0.3) is 28.4 Å². The number of esters is 1. The second kappa shape index (κ2) is 19.8. The first-order valence-electron chi connectivity index (χ1n) is 19.8. The number of aromatic hydroxyl groups is 5. The Morgan fingerprint density at radius 2 is 1.38 bits per heavy atom. The van der Waals surface area contributed by atoms with Crippen molar-refractivity contribution < 1.29 is 113 Å². The average molecular weight is 920 g/mol. The van der Waals surface area contributed by atoms with Gasteiger partial charge >= 0.3 is 17.3 Å². The van der Waals surface area contributed by atoms with Crippen LogP contribution in [0.15, 0.2) is 65.1 Å². The second-order valence-corrected chi connectivity index (χ2v) is 15.3. The lowest BCUT2D eigenvalue weighted by Crippen LogP contribution is -2.64. The zero-order valence-electron chi connectivity index (χ0n) is 34.0. The van der Waals surface area contributed by atoms with Gasteiger partial charge in [0.25, 0.3) is 0 Å². The molecule has 5 unspecified atom stereocenters. The van der Waals surface area contributed by atoms with Crippen LogP contribution in [0, 0.1) is 0 Å². The fourth-order valence-corrected chi connectivity index (χ4v) is 7.16. The Morgan fingerprint density at radius 1 is 0.692 bits per heavy atom. The standard InChI is InChI=1S/C42H46O23/c1-57-26-8-16(2-5-21(26)45)3-7-30(49)58-14-28-32(51)34(53)37(56)40(63-28)60-15-29-33(52)35(54)39(65-41-36(55)31(50)24(48)13-59-41)42(64-29)62-27-12-19-22(46)10-18(43)11-25(19)61-38(27)17-4-6-20(44)23(47)9-17/h2-12,24,28-29,31-37,39-42,48,50-56H,13-15H2,1H3,(H4-,43,44,45,46,47,49)/p+1/t24-,28?,29?,31+,32-,33-,34+,35+,36?,37?,39?,40-,41+,42-/m1/s1. The minimum atomic E-state index is -2.03. The van der Waals surface area contributed by atoms with E-state index < -0.39 is 135 Å². The SMILES string of the molecule is COc1cc(/C=C/C(=O)OCC2O[C@@H](OCC3O[C@@H](Oc4cc5c(O)cc(O)cc5[o+]c4-c4ccc(O)c(O)c4)C(O[C@@H]4OC[C@@H](O)[C@H](O)C4O)[C@@H](O)[C@@H]3O)C(O)[C@@H](O)[C@@H]2O)ccc1O. The Hall–Kier alpha value is -5.64. The summed E-state index contributed by atoms with van der Waals surface area (Å²) in [4.78, 5) is 12.5. The summed E-state index contributed by atoms with van der Waals surface area (Å²) >= 11 is 0. The van der Waals surface area contributed by atoms with Gasteiger partial charge in [-0.3, -0.25) is 0 Å². The van der Waals surface area contributed by atoms with Gasteiger partial charge in [0.1, 0.15) is 84.5 Å². The van der Waals surface area contributed by atoms with Gasteiger partial charge in [-0.2, -0.15) is 0 Å². The van der Waals surface area contributed by atoms with Gasteiger partial charge in [-0.1, -0.05) is 6.07 Å². The van der Waals surface area contributed by atoms with Crippen molar-refractivity contribution in [1.82, 2.24) is 0 Å². The molecule has 23 nitrogen and oxygen atoms in total. The first kappa shape index (κ1) is 47.3. The molecule has 3 saturated heterocycles. The maximum atomic E-state index is 12.5. The number of phenolic OH excluding ortho intramolecular Hbond substituents is 5. The average Bonchev–Trinajstić information content (AvgIpc) is 3.28. The first-order valence-corrected chi connectivity index (χ1v) is 19.8. The van der Waals surface area contributed by atoms with Gasteiger partial charge in [-0.05, 0) is 35.9 Å². The molecule has 3 aliphatic rings. The van der Waals surface area contributed by atoms with E-state index in [0.717, 1.165) is 30.3 Å². The molecule has 3 aromatic carbocycles. The van der Waals surface area contributed by atoms with Crippen molar-refractivity contribution in [2.45, 2.75) is 86.0 Å². The highest BCUT2D eigenvalue weighted by molar-refractivity contribution is 5.89. The smallest absolute Gasteiger partial charge is 0.402 e. The van der Waals surface area contributed by atoms with Gasteiger partial charge in [-0.25, -0.2) is 9.21 Å². The highest BCUT2D eigenvalue weighted by Crippen LogP contribution is 2.43. The molecule has 65 heavy (non-hydrogen) atoms. The molecule has 23 heteroatoms. The monoisotopic (exact) mass is 919 g/mol. The normalized spacial score (nSPS) is 31.8. The molecular formula is C42H47O23+. The van der Waals surface area contributed by atoms with Crippen LogP contribution >= 0.6 is 0 Å². The molecule has 0 aliphatic carbocycles. The molecule has 7 rings (SSSR count). The van der Waals surface area contributed by atoms with Crippen LogP contribution in [0.1, 0.15) is 5.56 Å². The lowest BCUT2D eigenvalue weighted by atomic mass is 9.98. The number of ether oxygens (including phenoxy) is 8.